The highest BCUT2D eigenvalue weighted by molar-refractivity contribution is 6.32. The maximum Gasteiger partial charge on any atom is 0.389 e. The number of halogens is 4. The molecule has 0 amide bonds. The molecule has 1 atom stereocenters. The van der Waals surface area contributed by atoms with Crippen molar-refractivity contribution in [2.24, 2.45) is 5.84 Å². The number of nitrogens with two attached hydrogens (primary N) is 1. The molecule has 0 aliphatic rings. The Bertz CT molecular complexity index is 379. The smallest absolute Gasteiger partial charge is 0.271 e. The molecule has 0 heterocycles. The van der Waals surface area contributed by atoms with Crippen molar-refractivity contribution in [1.82, 2.24) is 5.43 Å². The molecule has 1 rings (SSSR count). The first-order chi connectivity index (χ1) is 7.85. The summed E-state index contributed by atoms with van der Waals surface area (Å²) < 4.78 is 36.4. The van der Waals surface area contributed by atoms with Gasteiger partial charge in [0, 0.05) is 17.5 Å². The molecule has 1 aromatic carbocycles. The molecule has 0 bridgehead atoms. The molecule has 0 saturated heterocycles. The van der Waals surface area contributed by atoms with Crippen LogP contribution in [-0.2, 0) is 0 Å². The minimum absolute atomic E-state index is 0.136. The van der Waals surface area contributed by atoms with E-state index in [-0.39, 0.29) is 6.42 Å². The highest BCUT2D eigenvalue weighted by Gasteiger charge is 2.29. The predicted molar refractivity (Wildman–Crippen MR) is 61.5 cm³/mol. The fourth-order valence-electron chi connectivity index (χ4n) is 1.58. The Labute approximate surface area is 103 Å². The van der Waals surface area contributed by atoms with Crippen LogP contribution in [0.25, 0.3) is 0 Å². The van der Waals surface area contributed by atoms with Crippen LogP contribution in [0, 0.1) is 6.92 Å². The van der Waals surface area contributed by atoms with Gasteiger partial charge in [-0.1, -0.05) is 29.8 Å². The molecular formula is C11H14ClF3N2. The standard InChI is InChI=1S/C11H14ClF3N2/c1-7-3-2-4-8(10(7)12)9(17-16)5-6-11(13,14)15/h2-4,9,17H,5-6,16H2,1H3. The maximum absolute atomic E-state index is 12.1. The Morgan fingerprint density at radius 1 is 1.41 bits per heavy atom. The molecule has 96 valence electrons. The van der Waals surface area contributed by atoms with E-state index in [9.17, 15) is 13.2 Å². The topological polar surface area (TPSA) is 38.0 Å². The molecule has 0 spiro atoms. The minimum atomic E-state index is -4.19. The Balaban J connectivity index is 2.83. The number of hydrogen-bond acceptors (Lipinski definition) is 2. The molecule has 3 N–H and O–H groups in total. The van der Waals surface area contributed by atoms with E-state index in [4.69, 9.17) is 17.4 Å². The zero-order chi connectivity index (χ0) is 13.1. The average Bonchev–Trinajstić information content (AvgIpc) is 2.23. The lowest BCUT2D eigenvalue weighted by atomic mass is 10.0. The number of alkyl halides is 3. The number of hydrogen-bond donors (Lipinski definition) is 2. The molecule has 2 nitrogen and oxygen atoms in total. The normalized spacial score (nSPS) is 13.8. The molecule has 17 heavy (non-hydrogen) atoms. The summed E-state index contributed by atoms with van der Waals surface area (Å²) in [6, 6.07) is 4.62. The molecule has 0 radical (unpaired) electrons. The van der Waals surface area contributed by atoms with Gasteiger partial charge in [-0.15, -0.1) is 0 Å². The first kappa shape index (κ1) is 14.3. The van der Waals surface area contributed by atoms with E-state index in [0.717, 1.165) is 5.56 Å². The van der Waals surface area contributed by atoms with Gasteiger partial charge in [-0.3, -0.25) is 11.3 Å². The summed E-state index contributed by atoms with van der Waals surface area (Å²) in [6.45, 7) is 1.79. The van der Waals surface area contributed by atoms with Crippen LogP contribution in [0.4, 0.5) is 13.2 Å². The Morgan fingerprint density at radius 3 is 2.59 bits per heavy atom. The molecule has 0 aromatic heterocycles. The van der Waals surface area contributed by atoms with Crippen molar-refractivity contribution in [1.29, 1.82) is 0 Å². The lowest BCUT2D eigenvalue weighted by molar-refractivity contribution is -0.136. The zero-order valence-electron chi connectivity index (χ0n) is 9.31. The fourth-order valence-corrected chi connectivity index (χ4v) is 1.83. The summed E-state index contributed by atoms with van der Waals surface area (Å²) in [5.41, 5.74) is 3.79. The number of hydrazine groups is 1. The van der Waals surface area contributed by atoms with Crippen molar-refractivity contribution < 1.29 is 13.2 Å². The van der Waals surface area contributed by atoms with Crippen LogP contribution in [-0.4, -0.2) is 6.18 Å². The van der Waals surface area contributed by atoms with Crippen molar-refractivity contribution in [3.05, 3.63) is 34.3 Å². The van der Waals surface area contributed by atoms with Crippen LogP contribution in [0.2, 0.25) is 5.02 Å². The second-order valence-corrected chi connectivity index (χ2v) is 4.23. The highest BCUT2D eigenvalue weighted by Crippen LogP contribution is 2.31. The summed E-state index contributed by atoms with van der Waals surface area (Å²) in [4.78, 5) is 0. The lowest BCUT2D eigenvalue weighted by Gasteiger charge is -2.19. The number of nitrogens with one attached hydrogen (secondary N) is 1. The third kappa shape index (κ3) is 4.18. The predicted octanol–water partition coefficient (Wildman–Crippen LogP) is 3.50. The summed E-state index contributed by atoms with van der Waals surface area (Å²) in [5.74, 6) is 5.28. The van der Waals surface area contributed by atoms with Crippen molar-refractivity contribution in [2.45, 2.75) is 32.0 Å². The van der Waals surface area contributed by atoms with E-state index in [1.807, 2.05) is 0 Å². The van der Waals surface area contributed by atoms with Gasteiger partial charge < -0.3 is 0 Å². The average molecular weight is 267 g/mol. The van der Waals surface area contributed by atoms with E-state index in [1.165, 1.54) is 0 Å². The summed E-state index contributed by atoms with van der Waals surface area (Å²) in [7, 11) is 0. The van der Waals surface area contributed by atoms with Gasteiger partial charge in [-0.05, 0) is 24.5 Å². The van der Waals surface area contributed by atoms with Crippen LogP contribution >= 0.6 is 11.6 Å². The van der Waals surface area contributed by atoms with Crippen LogP contribution in [0.3, 0.4) is 0 Å². The third-order valence-electron chi connectivity index (χ3n) is 2.51. The van der Waals surface area contributed by atoms with Gasteiger partial charge in [0.15, 0.2) is 0 Å². The van der Waals surface area contributed by atoms with E-state index in [1.54, 1.807) is 25.1 Å². The van der Waals surface area contributed by atoms with Crippen LogP contribution in [0.1, 0.15) is 30.0 Å². The summed E-state index contributed by atoms with van der Waals surface area (Å²) >= 11 is 6.04. The van der Waals surface area contributed by atoms with Crippen molar-refractivity contribution >= 4 is 11.6 Å². The van der Waals surface area contributed by atoms with E-state index in [0.29, 0.717) is 10.6 Å². The Kier molecular flexibility index (Phi) is 4.80. The second kappa shape index (κ2) is 5.71. The van der Waals surface area contributed by atoms with Gasteiger partial charge in [0.05, 0.1) is 0 Å². The monoisotopic (exact) mass is 266 g/mol. The molecule has 0 aliphatic heterocycles. The fraction of sp³-hybridized carbons (Fsp3) is 0.455. The third-order valence-corrected chi connectivity index (χ3v) is 3.03. The van der Waals surface area contributed by atoms with Gasteiger partial charge >= 0.3 is 6.18 Å². The largest absolute Gasteiger partial charge is 0.389 e. The SMILES string of the molecule is Cc1cccc(C(CCC(F)(F)F)NN)c1Cl. The first-order valence-electron chi connectivity index (χ1n) is 5.13. The lowest BCUT2D eigenvalue weighted by Crippen LogP contribution is -2.29. The van der Waals surface area contributed by atoms with Gasteiger partial charge in [0.2, 0.25) is 0 Å². The van der Waals surface area contributed by atoms with Gasteiger partial charge in [-0.25, -0.2) is 0 Å². The van der Waals surface area contributed by atoms with Gasteiger partial charge in [-0.2, -0.15) is 13.2 Å². The Morgan fingerprint density at radius 2 is 2.06 bits per heavy atom. The van der Waals surface area contributed by atoms with Crippen molar-refractivity contribution in [2.75, 3.05) is 0 Å². The van der Waals surface area contributed by atoms with E-state index < -0.39 is 18.6 Å². The van der Waals surface area contributed by atoms with Gasteiger partial charge in [0.25, 0.3) is 0 Å². The molecule has 6 heteroatoms. The van der Waals surface area contributed by atoms with Gasteiger partial charge in [0.1, 0.15) is 0 Å². The number of aryl methyl sites for hydroxylation is 1. The van der Waals surface area contributed by atoms with Crippen molar-refractivity contribution in [3.63, 3.8) is 0 Å². The zero-order valence-corrected chi connectivity index (χ0v) is 10.1. The molecular weight excluding hydrogens is 253 g/mol. The number of benzene rings is 1. The summed E-state index contributed by atoms with van der Waals surface area (Å²) in [6.07, 6.45) is -5.22. The molecule has 0 fully saturated rings. The molecule has 0 aliphatic carbocycles. The molecule has 0 saturated carbocycles. The van der Waals surface area contributed by atoms with Crippen LogP contribution in [0.15, 0.2) is 18.2 Å². The number of rotatable bonds is 4. The quantitative estimate of drug-likeness (QED) is 0.647. The highest BCUT2D eigenvalue weighted by atomic mass is 35.5. The molecule has 1 unspecified atom stereocenters. The summed E-state index contributed by atoms with van der Waals surface area (Å²) in [5, 5.41) is 0.456. The minimum Gasteiger partial charge on any atom is -0.271 e. The van der Waals surface area contributed by atoms with E-state index >= 15 is 0 Å². The van der Waals surface area contributed by atoms with Crippen molar-refractivity contribution in [3.8, 4) is 0 Å². The first-order valence-corrected chi connectivity index (χ1v) is 5.51. The van der Waals surface area contributed by atoms with E-state index in [2.05, 4.69) is 5.43 Å². The maximum atomic E-state index is 12.1. The van der Waals surface area contributed by atoms with Crippen LogP contribution < -0.4 is 11.3 Å². The Hall–Kier alpha value is -0.780. The van der Waals surface area contributed by atoms with Crippen LogP contribution in [0.5, 0.6) is 0 Å². The molecule has 1 aromatic rings. The second-order valence-electron chi connectivity index (χ2n) is 3.85.